The number of fused-ring (bicyclic) bond motifs is 1. The monoisotopic (exact) mass is 295 g/mol. The Morgan fingerprint density at radius 2 is 2.00 bits per heavy atom. The van der Waals surface area contributed by atoms with Gasteiger partial charge in [-0.05, 0) is 25.7 Å². The highest BCUT2D eigenvalue weighted by atomic mass is 32.2. The van der Waals surface area contributed by atoms with Gasteiger partial charge in [-0.3, -0.25) is 9.36 Å². The van der Waals surface area contributed by atoms with Crippen molar-refractivity contribution in [3.8, 4) is 0 Å². The number of nitrogens with zero attached hydrogens (tertiary/aromatic N) is 3. The van der Waals surface area contributed by atoms with Gasteiger partial charge in [-0.1, -0.05) is 11.8 Å². The fraction of sp³-hybridized carbons (Fsp3) is 0.462. The number of ether oxygens (including phenoxy) is 1. The molecule has 2 aromatic rings. The van der Waals surface area contributed by atoms with Gasteiger partial charge < -0.3 is 9.30 Å². The van der Waals surface area contributed by atoms with Gasteiger partial charge in [-0.25, -0.2) is 9.78 Å². The lowest BCUT2D eigenvalue weighted by Gasteiger charge is -2.05. The highest BCUT2D eigenvalue weighted by molar-refractivity contribution is 7.98. The minimum absolute atomic E-state index is 0.150. The number of hydrogen-bond donors (Lipinski definition) is 0. The first kappa shape index (κ1) is 14.6. The Labute approximate surface area is 120 Å². The minimum Gasteiger partial charge on any atom is -0.461 e. The Morgan fingerprint density at radius 3 is 2.55 bits per heavy atom. The molecule has 7 heteroatoms. The number of aryl methyl sites for hydroxylation is 2. The van der Waals surface area contributed by atoms with E-state index in [1.54, 1.807) is 32.5 Å². The SMILES string of the molecule is CCOC(=O)c1c(C)c2c(=O)n(C)c(SC)nc2n1C. The summed E-state index contributed by atoms with van der Waals surface area (Å²) in [4.78, 5) is 28.9. The maximum Gasteiger partial charge on any atom is 0.355 e. The molecular weight excluding hydrogens is 278 g/mol. The van der Waals surface area contributed by atoms with Crippen LogP contribution in [0.4, 0.5) is 0 Å². The summed E-state index contributed by atoms with van der Waals surface area (Å²) in [6, 6.07) is 0. The fourth-order valence-corrected chi connectivity index (χ4v) is 2.82. The molecule has 0 aromatic carbocycles. The predicted octanol–water partition coefficient (Wildman–Crippen LogP) is 1.48. The van der Waals surface area contributed by atoms with Gasteiger partial charge in [0.15, 0.2) is 5.16 Å². The van der Waals surface area contributed by atoms with E-state index in [9.17, 15) is 9.59 Å². The highest BCUT2D eigenvalue weighted by Crippen LogP contribution is 2.23. The molecule has 0 atom stereocenters. The average Bonchev–Trinajstić information content (AvgIpc) is 2.65. The zero-order valence-electron chi connectivity index (χ0n) is 12.2. The quantitative estimate of drug-likeness (QED) is 0.487. The molecule has 0 aliphatic carbocycles. The third kappa shape index (κ3) is 2.02. The Kier molecular flexibility index (Phi) is 3.89. The molecule has 0 unspecified atom stereocenters. The van der Waals surface area contributed by atoms with Crippen molar-refractivity contribution in [1.29, 1.82) is 0 Å². The van der Waals surface area contributed by atoms with Crippen LogP contribution in [-0.2, 0) is 18.8 Å². The highest BCUT2D eigenvalue weighted by Gasteiger charge is 2.23. The second-order valence-corrected chi connectivity index (χ2v) is 5.19. The summed E-state index contributed by atoms with van der Waals surface area (Å²) in [6.07, 6.45) is 1.86. The van der Waals surface area contributed by atoms with Gasteiger partial charge in [-0.2, -0.15) is 0 Å². The first-order valence-corrected chi connectivity index (χ1v) is 7.43. The number of thioether (sulfide) groups is 1. The minimum atomic E-state index is -0.432. The van der Waals surface area contributed by atoms with Crippen LogP contribution in [0.2, 0.25) is 0 Å². The van der Waals surface area contributed by atoms with Crippen LogP contribution in [0.1, 0.15) is 23.0 Å². The van der Waals surface area contributed by atoms with Crippen molar-refractivity contribution in [2.45, 2.75) is 19.0 Å². The summed E-state index contributed by atoms with van der Waals surface area (Å²) in [7, 11) is 3.40. The summed E-state index contributed by atoms with van der Waals surface area (Å²) in [5.74, 6) is -0.432. The predicted molar refractivity (Wildman–Crippen MR) is 78.4 cm³/mol. The molecule has 6 nitrogen and oxygen atoms in total. The number of carbonyl (C=O) groups is 1. The van der Waals surface area contributed by atoms with Crippen LogP contribution in [0.15, 0.2) is 9.95 Å². The molecule has 2 rings (SSSR count). The molecule has 0 bridgehead atoms. The van der Waals surface area contributed by atoms with Crippen molar-refractivity contribution in [2.75, 3.05) is 12.9 Å². The summed E-state index contributed by atoms with van der Waals surface area (Å²) in [5, 5.41) is 1.08. The lowest BCUT2D eigenvalue weighted by atomic mass is 10.2. The van der Waals surface area contributed by atoms with Crippen molar-refractivity contribution < 1.29 is 9.53 Å². The third-order valence-electron chi connectivity index (χ3n) is 3.27. The summed E-state index contributed by atoms with van der Waals surface area (Å²) >= 11 is 1.39. The lowest BCUT2D eigenvalue weighted by Crippen LogP contribution is -2.20. The largest absolute Gasteiger partial charge is 0.461 e. The van der Waals surface area contributed by atoms with Crippen LogP contribution in [0, 0.1) is 6.92 Å². The van der Waals surface area contributed by atoms with Gasteiger partial charge in [0.2, 0.25) is 0 Å². The maximum atomic E-state index is 12.4. The van der Waals surface area contributed by atoms with Gasteiger partial charge in [-0.15, -0.1) is 0 Å². The zero-order chi connectivity index (χ0) is 15.0. The van der Waals surface area contributed by atoms with E-state index >= 15 is 0 Å². The summed E-state index contributed by atoms with van der Waals surface area (Å²) in [6.45, 7) is 3.79. The zero-order valence-corrected chi connectivity index (χ0v) is 13.0. The van der Waals surface area contributed by atoms with Crippen LogP contribution < -0.4 is 5.56 Å². The van der Waals surface area contributed by atoms with E-state index in [0.717, 1.165) is 0 Å². The van der Waals surface area contributed by atoms with E-state index in [2.05, 4.69) is 4.98 Å². The van der Waals surface area contributed by atoms with Crippen molar-refractivity contribution in [3.63, 3.8) is 0 Å². The Hall–Kier alpha value is -1.76. The van der Waals surface area contributed by atoms with Gasteiger partial charge in [0.25, 0.3) is 5.56 Å². The molecule has 0 radical (unpaired) electrons. The topological polar surface area (TPSA) is 66.1 Å². The van der Waals surface area contributed by atoms with Crippen LogP contribution in [0.3, 0.4) is 0 Å². The van der Waals surface area contributed by atoms with Crippen molar-refractivity contribution in [2.24, 2.45) is 14.1 Å². The van der Waals surface area contributed by atoms with Crippen LogP contribution >= 0.6 is 11.8 Å². The molecule has 0 aliphatic heterocycles. The Bertz CT molecular complexity index is 746. The van der Waals surface area contributed by atoms with E-state index in [4.69, 9.17) is 4.74 Å². The normalized spacial score (nSPS) is 11.1. The van der Waals surface area contributed by atoms with E-state index < -0.39 is 5.97 Å². The summed E-state index contributed by atoms with van der Waals surface area (Å²) in [5.41, 5.74) is 1.35. The molecule has 0 saturated carbocycles. The fourth-order valence-electron chi connectivity index (χ4n) is 2.29. The molecule has 0 saturated heterocycles. The Morgan fingerprint density at radius 1 is 1.35 bits per heavy atom. The van der Waals surface area contributed by atoms with Crippen molar-refractivity contribution in [1.82, 2.24) is 14.1 Å². The third-order valence-corrected chi connectivity index (χ3v) is 4.00. The summed E-state index contributed by atoms with van der Waals surface area (Å²) < 4.78 is 8.17. The van der Waals surface area contributed by atoms with Gasteiger partial charge >= 0.3 is 5.97 Å². The number of esters is 1. The molecule has 0 N–H and O–H groups in total. The molecule has 0 aliphatic rings. The first-order valence-electron chi connectivity index (χ1n) is 6.21. The lowest BCUT2D eigenvalue weighted by molar-refractivity contribution is 0.0515. The van der Waals surface area contributed by atoms with E-state index in [-0.39, 0.29) is 5.56 Å². The van der Waals surface area contributed by atoms with E-state index in [1.807, 2.05) is 6.26 Å². The second kappa shape index (κ2) is 5.32. The number of aromatic nitrogens is 3. The maximum absolute atomic E-state index is 12.4. The number of carbonyl (C=O) groups excluding carboxylic acids is 1. The van der Waals surface area contributed by atoms with Gasteiger partial charge in [0, 0.05) is 14.1 Å². The molecule has 20 heavy (non-hydrogen) atoms. The molecule has 2 aromatic heterocycles. The first-order chi connectivity index (χ1) is 9.43. The number of hydrogen-bond acceptors (Lipinski definition) is 5. The van der Waals surface area contributed by atoms with E-state index in [1.165, 1.54) is 16.3 Å². The average molecular weight is 295 g/mol. The van der Waals surface area contributed by atoms with Crippen LogP contribution in [0.25, 0.3) is 11.0 Å². The second-order valence-electron chi connectivity index (χ2n) is 4.41. The number of rotatable bonds is 3. The van der Waals surface area contributed by atoms with E-state index in [0.29, 0.717) is 34.1 Å². The molecule has 2 heterocycles. The van der Waals surface area contributed by atoms with Crippen molar-refractivity contribution in [3.05, 3.63) is 21.6 Å². The molecule has 0 spiro atoms. The molecule has 0 fully saturated rings. The molecular formula is C13H17N3O3S. The van der Waals surface area contributed by atoms with Crippen LogP contribution in [-0.4, -0.2) is 33.0 Å². The van der Waals surface area contributed by atoms with Crippen molar-refractivity contribution >= 4 is 28.8 Å². The Balaban J connectivity index is 2.86. The molecule has 0 amide bonds. The molecule has 108 valence electrons. The smallest absolute Gasteiger partial charge is 0.355 e. The van der Waals surface area contributed by atoms with Crippen LogP contribution in [0.5, 0.6) is 0 Å². The standard InChI is InChI=1S/C13H17N3O3S/c1-6-19-12(18)9-7(2)8-10(15(9)3)14-13(20-5)16(4)11(8)17/h6H2,1-5H3. The van der Waals surface area contributed by atoms with Gasteiger partial charge in [0.05, 0.1) is 12.0 Å². The van der Waals surface area contributed by atoms with Gasteiger partial charge in [0.1, 0.15) is 11.3 Å².